The van der Waals surface area contributed by atoms with E-state index in [0.29, 0.717) is 129 Å². The van der Waals surface area contributed by atoms with Crippen molar-refractivity contribution in [3.05, 3.63) is 255 Å². The third-order valence-electron chi connectivity index (χ3n) is 23.0. The van der Waals surface area contributed by atoms with E-state index >= 15 is 0 Å². The van der Waals surface area contributed by atoms with Gasteiger partial charge in [-0.3, -0.25) is 25.2 Å². The van der Waals surface area contributed by atoms with Gasteiger partial charge in [-0.15, -0.1) is 0 Å². The van der Waals surface area contributed by atoms with Crippen LogP contribution in [0.2, 0.25) is 0 Å². The second-order valence-electron chi connectivity index (χ2n) is 31.0. The van der Waals surface area contributed by atoms with Crippen LogP contribution in [0.1, 0.15) is 180 Å². The standard InChI is InChI=1S/C36H36N6O4.C29H32N6O2.C24H20N6O4/c37-40-39-13-5-12-38-34(43)23-10-11-24-27(20-23)36(46-35(24)44)28-18-21-6-1-14-41-16-3-8-25(30(21)41)32(28)45-33-26-9-4-17-42-15-2-7-22(31(26)42)19-29(33)36;1-16(2)4-3-5-25(37)34-20-11-13-24(36)22(15-20)26-21-12-10-19(29(32)33)14-23(21)35-27(26)17-6-8-18(9-7-17)28(30)31;25-14-3-6-18-20(11-14)33-21-12-15(26)4-7-19(21)24(18)17-5-2-13(10-16(17)23(32)34-24)22(31)28-8-1-9-29-30-27/h10-11,18-20H,1-9,12-17H2,(H,38,43);6-16,35-36H,3-5H2,1-2H3,(H3,30,31)(H3,32,33)(H,34,37);2-7,10-12H,1,8-9,25-26H2,(H,28,31). The van der Waals surface area contributed by atoms with Crippen molar-refractivity contribution in [1.29, 1.82) is 10.8 Å². The van der Waals surface area contributed by atoms with Gasteiger partial charge in [0, 0.05) is 198 Å². The summed E-state index contributed by atoms with van der Waals surface area (Å²) in [7, 11) is 0. The Bertz CT molecular complexity index is 5760. The SMILES string of the molecule is CC(C)CCCC(=O)Nc1ccc(O)c(-c2c(-c3ccc(C(=N)N)cc3)[nH]c3cc(C(=N)N)ccc23)c1.[N-]=[N+]=NCCCNC(=O)c1ccc2c(c1)C(=O)OC21c2ccc(N)cc2Oc2cc(N)ccc21.[N-]=[N+]=NCCCNC(=O)c1ccc2c(c1)C1(OC2=O)c2cc3c4c(c2Oc2c1cc1c5c2CCCN5CCC1)CCCN4CCC3. The molecule has 0 unspecified atom stereocenters. The summed E-state index contributed by atoms with van der Waals surface area (Å²) in [5.74, 6) is 1.53. The molecule has 9 heterocycles. The van der Waals surface area contributed by atoms with E-state index in [9.17, 15) is 29.1 Å². The quantitative estimate of drug-likeness (QED) is 0.00412. The summed E-state index contributed by atoms with van der Waals surface area (Å²) in [4.78, 5) is 79.5. The number of aromatic amines is 1. The second kappa shape index (κ2) is 31.8. The second-order valence-corrected chi connectivity index (χ2v) is 31.0. The van der Waals surface area contributed by atoms with E-state index in [-0.39, 0.29) is 53.2 Å². The number of aryl methyl sites for hydroxylation is 2. The van der Waals surface area contributed by atoms with Crippen molar-refractivity contribution in [2.45, 2.75) is 109 Å². The summed E-state index contributed by atoms with van der Waals surface area (Å²) in [5, 5.41) is 42.9. The van der Waals surface area contributed by atoms with Gasteiger partial charge < -0.3 is 77.7 Å². The first-order chi connectivity index (χ1) is 56.6. The number of phenolic OH excluding ortho intramolecular Hbond substituents is 1. The van der Waals surface area contributed by atoms with E-state index in [0.717, 1.165) is 141 Å². The smallest absolute Gasteiger partial charge is 0.340 e. The number of carbonyl (C=O) groups is 5. The third kappa shape index (κ3) is 14.2. The molecular formula is C89H88N18O10. The molecule has 18 rings (SSSR count). The van der Waals surface area contributed by atoms with E-state index in [1.165, 1.54) is 39.7 Å². The first-order valence-corrected chi connectivity index (χ1v) is 39.6. The molecular weight excluding hydrogens is 1480 g/mol. The van der Waals surface area contributed by atoms with E-state index < -0.39 is 17.2 Å². The molecule has 1 aromatic heterocycles. The van der Waals surface area contributed by atoms with Crippen LogP contribution in [0.4, 0.5) is 28.4 Å². The average Bonchev–Trinajstić information content (AvgIpc) is 1.63. The lowest BCUT2D eigenvalue weighted by atomic mass is 9.72. The highest BCUT2D eigenvalue weighted by atomic mass is 16.6. The number of H-pyrrole nitrogens is 1. The number of azide groups is 2. The number of amides is 3. The van der Waals surface area contributed by atoms with Crippen LogP contribution >= 0.6 is 0 Å². The molecule has 0 atom stereocenters. The number of nitrogen functional groups attached to an aromatic ring is 4. The Labute approximate surface area is 673 Å². The summed E-state index contributed by atoms with van der Waals surface area (Å²) < 4.78 is 26.0. The number of benzene rings is 9. The maximum atomic E-state index is 13.9. The maximum absolute atomic E-state index is 13.9. The van der Waals surface area contributed by atoms with Crippen LogP contribution in [0, 0.1) is 16.7 Å². The Balaban J connectivity index is 0.000000133. The summed E-state index contributed by atoms with van der Waals surface area (Å²) >= 11 is 0. The number of nitrogens with two attached hydrogens (primary N) is 4. The summed E-state index contributed by atoms with van der Waals surface area (Å²) in [6.45, 7) is 9.78. The number of aromatic nitrogens is 1. The van der Waals surface area contributed by atoms with Crippen molar-refractivity contribution >= 4 is 80.7 Å². The van der Waals surface area contributed by atoms with E-state index in [1.54, 1.807) is 103 Å². The summed E-state index contributed by atoms with van der Waals surface area (Å²) in [6.07, 6.45) is 11.3. The van der Waals surface area contributed by atoms with Gasteiger partial charge in [0.05, 0.1) is 16.8 Å². The number of rotatable bonds is 19. The van der Waals surface area contributed by atoms with Crippen LogP contribution in [0.15, 0.2) is 156 Å². The Morgan fingerprint density at radius 3 is 1.68 bits per heavy atom. The van der Waals surface area contributed by atoms with Crippen molar-refractivity contribution in [3.63, 3.8) is 0 Å². The number of nitrogens with zero attached hydrogens (tertiary/aromatic N) is 8. The molecule has 0 radical (unpaired) electrons. The van der Waals surface area contributed by atoms with Crippen LogP contribution in [0.5, 0.6) is 28.7 Å². The minimum Gasteiger partial charge on any atom is -0.507 e. The molecule has 15 N–H and O–H groups in total. The molecule has 594 valence electrons. The van der Waals surface area contributed by atoms with Gasteiger partial charge in [0.25, 0.3) is 11.8 Å². The van der Waals surface area contributed by atoms with Crippen LogP contribution in [-0.2, 0) is 51.2 Å². The number of fused-ring (bicyclic) bond motifs is 15. The molecule has 0 saturated carbocycles. The molecule has 28 heteroatoms. The van der Waals surface area contributed by atoms with Crippen LogP contribution in [0.25, 0.3) is 54.2 Å². The molecule has 10 aromatic rings. The lowest BCUT2D eigenvalue weighted by Crippen LogP contribution is -2.40. The predicted molar refractivity (Wildman–Crippen MR) is 448 cm³/mol. The molecule has 8 aliphatic heterocycles. The van der Waals surface area contributed by atoms with Gasteiger partial charge in [0.2, 0.25) is 5.91 Å². The van der Waals surface area contributed by atoms with Gasteiger partial charge in [0.15, 0.2) is 11.2 Å². The molecule has 0 bridgehead atoms. The Morgan fingerprint density at radius 2 is 1.10 bits per heavy atom. The monoisotopic (exact) mass is 1570 g/mol. The highest BCUT2D eigenvalue weighted by Crippen LogP contribution is 2.63. The van der Waals surface area contributed by atoms with E-state index in [2.05, 4.69) is 76.8 Å². The van der Waals surface area contributed by atoms with Crippen molar-refractivity contribution in [1.82, 2.24) is 15.6 Å². The third-order valence-corrected chi connectivity index (χ3v) is 23.0. The lowest BCUT2D eigenvalue weighted by Gasteiger charge is -2.45. The number of ether oxygens (including phenoxy) is 4. The number of esters is 2. The molecule has 8 aliphatic rings. The van der Waals surface area contributed by atoms with Crippen molar-refractivity contribution < 1.29 is 48.0 Å². The normalized spacial score (nSPS) is 15.1. The van der Waals surface area contributed by atoms with Gasteiger partial charge in [-0.25, -0.2) is 9.59 Å². The van der Waals surface area contributed by atoms with E-state index in [4.69, 9.17) is 63.8 Å². The maximum Gasteiger partial charge on any atom is 0.340 e. The highest BCUT2D eigenvalue weighted by molar-refractivity contribution is 6.09. The minimum absolute atomic E-state index is 0.0241. The largest absolute Gasteiger partial charge is 0.507 e. The van der Waals surface area contributed by atoms with Gasteiger partial charge in [-0.2, -0.15) is 0 Å². The highest BCUT2D eigenvalue weighted by Gasteiger charge is 2.57. The molecule has 0 saturated heterocycles. The number of hydrogen-bond acceptors (Lipinski definition) is 18. The fraction of sp³-hybridized carbons (Fsp3) is 0.292. The van der Waals surface area contributed by atoms with Crippen LogP contribution < -0.4 is 58.2 Å². The van der Waals surface area contributed by atoms with Crippen molar-refractivity contribution in [2.24, 2.45) is 27.6 Å². The van der Waals surface area contributed by atoms with Crippen molar-refractivity contribution in [2.75, 3.05) is 78.9 Å². The van der Waals surface area contributed by atoms with Gasteiger partial charge in [-0.1, -0.05) is 73.0 Å². The molecule has 0 fully saturated rings. The van der Waals surface area contributed by atoms with Gasteiger partial charge in [-0.05, 0) is 195 Å². The number of amidine groups is 2. The number of nitrogens with one attached hydrogen (secondary N) is 6. The number of anilines is 5. The van der Waals surface area contributed by atoms with E-state index in [1.807, 2.05) is 24.3 Å². The molecule has 9 aromatic carbocycles. The van der Waals surface area contributed by atoms with Crippen molar-refractivity contribution in [3.8, 4) is 51.1 Å². The molecule has 28 nitrogen and oxygen atoms in total. The van der Waals surface area contributed by atoms with Gasteiger partial charge in [0.1, 0.15) is 40.4 Å². The lowest BCUT2D eigenvalue weighted by molar-refractivity contribution is -0.116. The predicted octanol–water partition coefficient (Wildman–Crippen LogP) is 15.5. The zero-order valence-electron chi connectivity index (χ0n) is 64.8. The fourth-order valence-electron chi connectivity index (χ4n) is 17.8. The number of aromatic hydroxyl groups is 1. The Kier molecular flexibility index (Phi) is 20.9. The minimum atomic E-state index is -1.26. The number of carbonyl (C=O) groups excluding carboxylic acids is 5. The number of hydrogen-bond donors (Lipinski definition) is 11. The average molecular weight is 1570 g/mol. The van der Waals surface area contributed by atoms with Gasteiger partial charge >= 0.3 is 11.9 Å². The molecule has 3 amide bonds. The molecule has 0 aliphatic carbocycles. The Hall–Kier alpha value is -14.0. The number of phenols is 1. The summed E-state index contributed by atoms with van der Waals surface area (Å²) in [6, 6.07) is 42.7. The Morgan fingerprint density at radius 1 is 0.573 bits per heavy atom. The molecule has 2 spiro atoms. The first kappa shape index (κ1) is 77.0. The summed E-state index contributed by atoms with van der Waals surface area (Å²) in [5.41, 5.74) is 57.6. The topological polar surface area (TPSA) is 450 Å². The van der Waals surface area contributed by atoms with Crippen LogP contribution in [0.3, 0.4) is 0 Å². The first-order valence-electron chi connectivity index (χ1n) is 39.6. The van der Waals surface area contributed by atoms with Crippen LogP contribution in [-0.4, -0.2) is 104 Å². The fourth-order valence-corrected chi connectivity index (χ4v) is 17.8. The zero-order valence-corrected chi connectivity index (χ0v) is 64.8. The molecule has 117 heavy (non-hydrogen) atoms. The zero-order chi connectivity index (χ0) is 81.6.